The Morgan fingerprint density at radius 3 is 2.21 bits per heavy atom. The molecule has 5 heteroatoms. The van der Waals surface area contributed by atoms with Crippen LogP contribution >= 0.6 is 0 Å². The SMILES string of the molecule is CC(C)(C(=O)O)c1ccc(NC(=O)C2(N)CC2)cc1. The molecule has 19 heavy (non-hydrogen) atoms. The van der Waals surface area contributed by atoms with Crippen LogP contribution in [0.2, 0.25) is 0 Å². The van der Waals surface area contributed by atoms with Gasteiger partial charge in [0.15, 0.2) is 0 Å². The van der Waals surface area contributed by atoms with Gasteiger partial charge in [-0.3, -0.25) is 9.59 Å². The number of hydrogen-bond acceptors (Lipinski definition) is 3. The lowest BCUT2D eigenvalue weighted by molar-refractivity contribution is -0.142. The van der Waals surface area contributed by atoms with E-state index >= 15 is 0 Å². The van der Waals surface area contributed by atoms with Crippen molar-refractivity contribution in [3.63, 3.8) is 0 Å². The highest BCUT2D eigenvalue weighted by Gasteiger charge is 2.45. The Bertz CT molecular complexity index is 516. The minimum absolute atomic E-state index is 0.183. The third-order valence-corrected chi connectivity index (χ3v) is 3.64. The fourth-order valence-electron chi connectivity index (χ4n) is 1.71. The molecular formula is C14H18N2O3. The fourth-order valence-corrected chi connectivity index (χ4v) is 1.71. The molecule has 1 aliphatic carbocycles. The lowest BCUT2D eigenvalue weighted by Crippen LogP contribution is -2.37. The summed E-state index contributed by atoms with van der Waals surface area (Å²) >= 11 is 0. The van der Waals surface area contributed by atoms with E-state index < -0.39 is 16.9 Å². The third kappa shape index (κ3) is 2.61. The quantitative estimate of drug-likeness (QED) is 0.766. The molecule has 0 heterocycles. The lowest BCUT2D eigenvalue weighted by atomic mass is 9.85. The van der Waals surface area contributed by atoms with Gasteiger partial charge in [0.05, 0.1) is 11.0 Å². The van der Waals surface area contributed by atoms with E-state index in [1.165, 1.54) is 0 Å². The summed E-state index contributed by atoms with van der Waals surface area (Å²) in [5, 5.41) is 11.9. The zero-order chi connectivity index (χ0) is 14.3. The molecule has 0 aliphatic heterocycles. The topological polar surface area (TPSA) is 92.4 Å². The van der Waals surface area contributed by atoms with E-state index in [0.717, 1.165) is 0 Å². The van der Waals surface area contributed by atoms with Crippen molar-refractivity contribution in [3.8, 4) is 0 Å². The van der Waals surface area contributed by atoms with Gasteiger partial charge in [0.1, 0.15) is 0 Å². The van der Waals surface area contributed by atoms with Crippen molar-refractivity contribution in [3.05, 3.63) is 29.8 Å². The highest BCUT2D eigenvalue weighted by Crippen LogP contribution is 2.33. The van der Waals surface area contributed by atoms with Crippen LogP contribution in [0.3, 0.4) is 0 Å². The Labute approximate surface area is 111 Å². The van der Waals surface area contributed by atoms with Crippen molar-refractivity contribution in [2.45, 2.75) is 37.6 Å². The zero-order valence-electron chi connectivity index (χ0n) is 11.1. The Morgan fingerprint density at radius 1 is 1.26 bits per heavy atom. The number of carbonyl (C=O) groups is 2. The lowest BCUT2D eigenvalue weighted by Gasteiger charge is -2.20. The number of anilines is 1. The molecule has 0 spiro atoms. The average molecular weight is 262 g/mol. The van der Waals surface area contributed by atoms with Crippen molar-refractivity contribution in [1.82, 2.24) is 0 Å². The van der Waals surface area contributed by atoms with E-state index in [1.807, 2.05) is 0 Å². The van der Waals surface area contributed by atoms with Crippen molar-refractivity contribution >= 4 is 17.6 Å². The monoisotopic (exact) mass is 262 g/mol. The largest absolute Gasteiger partial charge is 0.481 e. The van der Waals surface area contributed by atoms with Crippen LogP contribution in [0.1, 0.15) is 32.3 Å². The molecule has 1 aromatic carbocycles. The summed E-state index contributed by atoms with van der Waals surface area (Å²) in [6.07, 6.45) is 1.42. The molecule has 1 aliphatic rings. The Morgan fingerprint density at radius 2 is 1.79 bits per heavy atom. The van der Waals surface area contributed by atoms with Gasteiger partial charge in [0, 0.05) is 5.69 Å². The molecular weight excluding hydrogens is 244 g/mol. The predicted octanol–water partition coefficient (Wildman–Crippen LogP) is 1.48. The van der Waals surface area contributed by atoms with Crippen molar-refractivity contribution in [1.29, 1.82) is 0 Å². The summed E-state index contributed by atoms with van der Waals surface area (Å²) in [6.45, 7) is 3.28. The van der Waals surface area contributed by atoms with Crippen LogP contribution in [0.4, 0.5) is 5.69 Å². The number of rotatable bonds is 4. The van der Waals surface area contributed by atoms with Crippen LogP contribution in [0.5, 0.6) is 0 Å². The van der Waals surface area contributed by atoms with E-state index in [2.05, 4.69) is 5.32 Å². The number of hydrogen-bond donors (Lipinski definition) is 3. The van der Waals surface area contributed by atoms with Crippen LogP contribution in [0.15, 0.2) is 24.3 Å². The minimum atomic E-state index is -0.950. The first-order chi connectivity index (χ1) is 8.75. The first-order valence-electron chi connectivity index (χ1n) is 6.20. The molecule has 2 rings (SSSR count). The number of carbonyl (C=O) groups excluding carboxylic acids is 1. The predicted molar refractivity (Wildman–Crippen MR) is 71.9 cm³/mol. The normalized spacial score (nSPS) is 16.8. The van der Waals surface area contributed by atoms with Crippen molar-refractivity contribution in [2.75, 3.05) is 5.32 Å². The van der Waals surface area contributed by atoms with Gasteiger partial charge in [0.25, 0.3) is 0 Å². The molecule has 1 amide bonds. The first-order valence-corrected chi connectivity index (χ1v) is 6.20. The van der Waals surface area contributed by atoms with Gasteiger partial charge < -0.3 is 16.2 Å². The van der Waals surface area contributed by atoms with Crippen molar-refractivity contribution < 1.29 is 14.7 Å². The second-order valence-corrected chi connectivity index (χ2v) is 5.62. The Hall–Kier alpha value is -1.88. The van der Waals surface area contributed by atoms with Gasteiger partial charge in [-0.15, -0.1) is 0 Å². The smallest absolute Gasteiger partial charge is 0.313 e. The second kappa shape index (κ2) is 4.35. The molecule has 102 valence electrons. The molecule has 4 N–H and O–H groups in total. The molecule has 0 aromatic heterocycles. The van der Waals surface area contributed by atoms with E-state index in [1.54, 1.807) is 38.1 Å². The highest BCUT2D eigenvalue weighted by molar-refractivity contribution is 6.00. The van der Waals surface area contributed by atoms with E-state index in [4.69, 9.17) is 10.8 Å². The zero-order valence-corrected chi connectivity index (χ0v) is 11.1. The maximum atomic E-state index is 11.8. The van der Waals surface area contributed by atoms with Gasteiger partial charge >= 0.3 is 5.97 Å². The van der Waals surface area contributed by atoms with Gasteiger partial charge in [-0.1, -0.05) is 12.1 Å². The van der Waals surface area contributed by atoms with E-state index in [9.17, 15) is 9.59 Å². The molecule has 0 atom stereocenters. The minimum Gasteiger partial charge on any atom is -0.481 e. The second-order valence-electron chi connectivity index (χ2n) is 5.62. The number of amides is 1. The molecule has 0 unspecified atom stereocenters. The number of aliphatic carboxylic acids is 1. The Balaban J connectivity index is 2.11. The van der Waals surface area contributed by atoms with Crippen LogP contribution in [-0.4, -0.2) is 22.5 Å². The first kappa shape index (κ1) is 13.5. The van der Waals surface area contributed by atoms with Gasteiger partial charge in [-0.25, -0.2) is 0 Å². The molecule has 1 fully saturated rings. The van der Waals surface area contributed by atoms with Crippen molar-refractivity contribution in [2.24, 2.45) is 5.73 Å². The van der Waals surface area contributed by atoms with Gasteiger partial charge in [-0.2, -0.15) is 0 Å². The summed E-state index contributed by atoms with van der Waals surface area (Å²) in [5.74, 6) is -1.07. The summed E-state index contributed by atoms with van der Waals surface area (Å²) in [6, 6.07) is 6.81. The number of carboxylic acids is 1. The molecule has 5 nitrogen and oxygen atoms in total. The molecule has 0 radical (unpaired) electrons. The van der Waals surface area contributed by atoms with Crippen LogP contribution in [-0.2, 0) is 15.0 Å². The number of carboxylic acid groups (broad SMARTS) is 1. The molecule has 0 bridgehead atoms. The standard InChI is InChI=1S/C14H18N2O3/c1-13(2,12(18)19)9-3-5-10(6-4-9)16-11(17)14(15)7-8-14/h3-6H,7-8,15H2,1-2H3,(H,16,17)(H,18,19). The van der Waals surface area contributed by atoms with Crippen LogP contribution in [0.25, 0.3) is 0 Å². The van der Waals surface area contributed by atoms with Gasteiger partial charge in [-0.05, 0) is 44.4 Å². The average Bonchev–Trinajstić information content (AvgIpc) is 3.09. The summed E-state index contributed by atoms with van der Waals surface area (Å²) in [4.78, 5) is 22.9. The highest BCUT2D eigenvalue weighted by atomic mass is 16.4. The maximum Gasteiger partial charge on any atom is 0.313 e. The summed E-state index contributed by atoms with van der Waals surface area (Å²) < 4.78 is 0. The maximum absolute atomic E-state index is 11.8. The van der Waals surface area contributed by atoms with Crippen LogP contribution < -0.4 is 11.1 Å². The fraction of sp³-hybridized carbons (Fsp3) is 0.429. The van der Waals surface area contributed by atoms with Gasteiger partial charge in [0.2, 0.25) is 5.91 Å². The molecule has 1 aromatic rings. The Kier molecular flexibility index (Phi) is 3.10. The summed E-state index contributed by atoms with van der Waals surface area (Å²) in [7, 11) is 0. The van der Waals surface area contributed by atoms with E-state index in [0.29, 0.717) is 24.1 Å². The molecule has 1 saturated carbocycles. The molecule has 0 saturated heterocycles. The van der Waals surface area contributed by atoms with Crippen LogP contribution in [0, 0.1) is 0 Å². The number of benzene rings is 1. The number of nitrogens with one attached hydrogen (secondary N) is 1. The van der Waals surface area contributed by atoms with E-state index in [-0.39, 0.29) is 5.91 Å². The number of nitrogens with two attached hydrogens (primary N) is 1. The summed E-state index contributed by atoms with van der Waals surface area (Å²) in [5.41, 5.74) is 5.45. The third-order valence-electron chi connectivity index (χ3n) is 3.64.